The molecule has 2 atom stereocenters. The number of hydrogen-bond acceptors (Lipinski definition) is 3. The lowest BCUT2D eigenvalue weighted by Gasteiger charge is -2.30. The molecule has 4 nitrogen and oxygen atoms in total. The number of carbonyl (C=O) groups excluding carboxylic acids is 1. The highest BCUT2D eigenvalue weighted by atomic mass is 79.9. The summed E-state index contributed by atoms with van der Waals surface area (Å²) >= 11 is 3.42. The fourth-order valence-corrected chi connectivity index (χ4v) is 3.53. The second-order valence-corrected chi connectivity index (χ2v) is 7.52. The first-order valence-corrected chi connectivity index (χ1v) is 9.24. The highest BCUT2D eigenvalue weighted by Gasteiger charge is 2.37. The molecule has 7 heteroatoms. The van der Waals surface area contributed by atoms with E-state index in [-0.39, 0.29) is 30.7 Å². The first-order chi connectivity index (χ1) is 10.9. The number of likely N-dealkylation sites (tertiary alicyclic amines) is 1. The van der Waals surface area contributed by atoms with Gasteiger partial charge in [-0.15, -0.1) is 24.8 Å². The normalized spacial score (nSPS) is 19.1. The maximum atomic E-state index is 12.9. The molecule has 0 aromatic heterocycles. The summed E-state index contributed by atoms with van der Waals surface area (Å²) in [7, 11) is 0. The average Bonchev–Trinajstić information content (AvgIpc) is 3.00. The third-order valence-corrected chi connectivity index (χ3v) is 5.40. The van der Waals surface area contributed by atoms with Gasteiger partial charge in [-0.2, -0.15) is 0 Å². The van der Waals surface area contributed by atoms with E-state index in [1.54, 1.807) is 0 Å². The Morgan fingerprint density at radius 3 is 2.36 bits per heavy atom. The van der Waals surface area contributed by atoms with Crippen LogP contribution in [0.2, 0.25) is 0 Å². The van der Waals surface area contributed by atoms with E-state index >= 15 is 0 Å². The number of benzene rings is 1. The summed E-state index contributed by atoms with van der Waals surface area (Å²) in [5.74, 6) is 0.585. The highest BCUT2D eigenvalue weighted by Crippen LogP contribution is 2.26. The van der Waals surface area contributed by atoms with Crippen LogP contribution in [0.3, 0.4) is 0 Å². The summed E-state index contributed by atoms with van der Waals surface area (Å²) in [6.45, 7) is 11.0. The van der Waals surface area contributed by atoms with Gasteiger partial charge in [0.25, 0.3) is 0 Å². The van der Waals surface area contributed by atoms with Gasteiger partial charge in [-0.1, -0.05) is 41.9 Å². The lowest BCUT2D eigenvalue weighted by atomic mass is 9.91. The molecule has 2 N–H and O–H groups in total. The monoisotopic (exact) mass is 453 g/mol. The van der Waals surface area contributed by atoms with Crippen molar-refractivity contribution in [1.82, 2.24) is 9.80 Å². The van der Waals surface area contributed by atoms with E-state index in [0.29, 0.717) is 5.92 Å². The van der Waals surface area contributed by atoms with E-state index in [4.69, 9.17) is 5.73 Å². The fraction of sp³-hybridized carbons (Fsp3) is 0.611. The van der Waals surface area contributed by atoms with E-state index < -0.39 is 5.54 Å². The van der Waals surface area contributed by atoms with E-state index in [0.717, 1.165) is 49.2 Å². The van der Waals surface area contributed by atoms with Crippen LogP contribution in [-0.4, -0.2) is 48.4 Å². The van der Waals surface area contributed by atoms with Crippen molar-refractivity contribution in [3.8, 4) is 0 Å². The van der Waals surface area contributed by atoms with Crippen molar-refractivity contribution in [3.63, 3.8) is 0 Å². The minimum absolute atomic E-state index is 0. The molecule has 2 unspecified atom stereocenters. The number of nitrogens with zero attached hydrogens (tertiary/aromatic N) is 2. The first-order valence-electron chi connectivity index (χ1n) is 8.45. The molecular weight excluding hydrogens is 425 g/mol. The molecule has 2 rings (SSSR count). The van der Waals surface area contributed by atoms with E-state index in [1.165, 1.54) is 0 Å². The number of hydrogen-bond donors (Lipinski definition) is 1. The third kappa shape index (κ3) is 6.10. The topological polar surface area (TPSA) is 49.6 Å². The molecule has 144 valence electrons. The molecule has 1 aliphatic heterocycles. The van der Waals surface area contributed by atoms with Gasteiger partial charge in [-0.3, -0.25) is 4.79 Å². The molecule has 1 saturated heterocycles. The Hall–Kier alpha value is -0.330. The maximum Gasteiger partial charge on any atom is 0.246 e. The quantitative estimate of drug-likeness (QED) is 0.713. The Kier molecular flexibility index (Phi) is 10.6. The van der Waals surface area contributed by atoms with Crippen molar-refractivity contribution in [1.29, 1.82) is 0 Å². The molecule has 1 aromatic carbocycles. The van der Waals surface area contributed by atoms with Crippen LogP contribution < -0.4 is 5.73 Å². The van der Waals surface area contributed by atoms with Gasteiger partial charge >= 0.3 is 0 Å². The lowest BCUT2D eigenvalue weighted by Crippen LogP contribution is -2.50. The number of nitrogens with two attached hydrogens (primary N) is 1. The summed E-state index contributed by atoms with van der Waals surface area (Å²) in [4.78, 5) is 17.3. The van der Waals surface area contributed by atoms with Gasteiger partial charge in [0.1, 0.15) is 5.54 Å². The molecule has 1 heterocycles. The van der Waals surface area contributed by atoms with Crippen molar-refractivity contribution < 1.29 is 4.79 Å². The van der Waals surface area contributed by atoms with Crippen molar-refractivity contribution in [2.75, 3.05) is 32.7 Å². The van der Waals surface area contributed by atoms with Crippen LogP contribution in [0.5, 0.6) is 0 Å². The Bertz CT molecular complexity index is 536. The van der Waals surface area contributed by atoms with Crippen LogP contribution in [0.15, 0.2) is 28.7 Å². The molecule has 0 spiro atoms. The fourth-order valence-electron chi connectivity index (χ4n) is 3.26. The third-order valence-electron chi connectivity index (χ3n) is 4.87. The Morgan fingerprint density at radius 2 is 1.84 bits per heavy atom. The molecule has 0 radical (unpaired) electrons. The van der Waals surface area contributed by atoms with Crippen molar-refractivity contribution in [2.45, 2.75) is 32.7 Å². The minimum atomic E-state index is -0.967. The molecule has 0 aliphatic carbocycles. The summed E-state index contributed by atoms with van der Waals surface area (Å²) < 4.78 is 0.991. The van der Waals surface area contributed by atoms with Gasteiger partial charge in [-0.25, -0.2) is 0 Å². The lowest BCUT2D eigenvalue weighted by molar-refractivity contribution is -0.135. The van der Waals surface area contributed by atoms with Crippen LogP contribution in [0.4, 0.5) is 0 Å². The van der Waals surface area contributed by atoms with Gasteiger partial charge in [0.2, 0.25) is 5.91 Å². The smallest absolute Gasteiger partial charge is 0.246 e. The van der Waals surface area contributed by atoms with Gasteiger partial charge < -0.3 is 15.5 Å². The zero-order valence-corrected chi connectivity index (χ0v) is 18.4. The maximum absolute atomic E-state index is 12.9. The predicted octanol–water partition coefficient (Wildman–Crippen LogP) is 3.66. The van der Waals surface area contributed by atoms with Crippen LogP contribution in [0, 0.1) is 5.92 Å². The molecule has 0 bridgehead atoms. The molecule has 0 saturated carbocycles. The van der Waals surface area contributed by atoms with Gasteiger partial charge in [0, 0.05) is 24.1 Å². The Labute approximate surface area is 172 Å². The summed E-state index contributed by atoms with van der Waals surface area (Å²) in [6, 6.07) is 7.71. The van der Waals surface area contributed by atoms with Crippen LogP contribution in [0.25, 0.3) is 0 Å². The van der Waals surface area contributed by atoms with Crippen molar-refractivity contribution in [3.05, 3.63) is 34.3 Å². The minimum Gasteiger partial charge on any atom is -0.340 e. The summed E-state index contributed by atoms with van der Waals surface area (Å²) in [6.07, 6.45) is 1.07. The van der Waals surface area contributed by atoms with E-state index in [1.807, 2.05) is 36.1 Å². The van der Waals surface area contributed by atoms with E-state index in [9.17, 15) is 4.79 Å². The SMILES string of the molecule is CCN(CC)CC1CCN(C(=O)C(C)(N)c2ccc(Br)cc2)C1.Cl.Cl. The van der Waals surface area contributed by atoms with Gasteiger partial charge in [0.05, 0.1) is 0 Å². The van der Waals surface area contributed by atoms with E-state index in [2.05, 4.69) is 34.7 Å². The van der Waals surface area contributed by atoms with Crippen molar-refractivity contribution >= 4 is 46.7 Å². The Balaban J connectivity index is 0.00000288. The van der Waals surface area contributed by atoms with Crippen molar-refractivity contribution in [2.24, 2.45) is 11.7 Å². The number of halogens is 3. The average molecular weight is 455 g/mol. The molecule has 1 amide bonds. The standard InChI is InChI=1S/C18H28BrN3O.2ClH/c1-4-21(5-2)12-14-10-11-22(13-14)17(23)18(3,20)15-6-8-16(19)9-7-15;;/h6-9,14H,4-5,10-13,20H2,1-3H3;2*1H. The molecule has 1 aromatic rings. The number of carbonyl (C=O) groups is 1. The zero-order valence-electron chi connectivity index (χ0n) is 15.2. The Morgan fingerprint density at radius 1 is 1.28 bits per heavy atom. The predicted molar refractivity (Wildman–Crippen MR) is 113 cm³/mol. The zero-order chi connectivity index (χ0) is 17.0. The second kappa shape index (κ2) is 10.7. The summed E-state index contributed by atoms with van der Waals surface area (Å²) in [5, 5.41) is 0. The summed E-state index contributed by atoms with van der Waals surface area (Å²) in [5.41, 5.74) is 6.29. The van der Waals surface area contributed by atoms with Gasteiger partial charge in [-0.05, 0) is 50.0 Å². The molecule has 25 heavy (non-hydrogen) atoms. The highest BCUT2D eigenvalue weighted by molar-refractivity contribution is 9.10. The van der Waals surface area contributed by atoms with Crippen LogP contribution >= 0.6 is 40.7 Å². The first kappa shape index (κ1) is 24.7. The number of rotatable bonds is 6. The molecule has 1 fully saturated rings. The number of amides is 1. The molecule has 1 aliphatic rings. The van der Waals surface area contributed by atoms with Gasteiger partial charge in [0.15, 0.2) is 0 Å². The second-order valence-electron chi connectivity index (χ2n) is 6.60. The van der Waals surface area contributed by atoms with Crippen LogP contribution in [-0.2, 0) is 10.3 Å². The van der Waals surface area contributed by atoms with Crippen LogP contribution in [0.1, 0.15) is 32.8 Å². The molecular formula is C18H30BrCl2N3O. The largest absolute Gasteiger partial charge is 0.340 e.